The fourth-order valence-corrected chi connectivity index (χ4v) is 5.67. The fourth-order valence-electron chi connectivity index (χ4n) is 3.76. The maximum atomic E-state index is 12.7. The van der Waals surface area contributed by atoms with Crippen molar-refractivity contribution in [3.05, 3.63) is 50.9 Å². The number of nitrogens with one attached hydrogen (secondary N) is 1. The van der Waals surface area contributed by atoms with E-state index in [9.17, 15) is 9.59 Å². The molecule has 12 heteroatoms. The highest BCUT2D eigenvalue weighted by Gasteiger charge is 2.20. The van der Waals surface area contributed by atoms with Gasteiger partial charge in [-0.2, -0.15) is 0 Å². The number of para-hydroxylation sites is 1. The molecule has 0 amide bonds. The molecular weight excluding hydrogens is 450 g/mol. The van der Waals surface area contributed by atoms with Crippen molar-refractivity contribution in [3.63, 3.8) is 0 Å². The summed E-state index contributed by atoms with van der Waals surface area (Å²) < 4.78 is 11.8. The molecule has 0 saturated carbocycles. The summed E-state index contributed by atoms with van der Waals surface area (Å²) in [4.78, 5) is 33.0. The number of rotatable bonds is 8. The topological polar surface area (TPSA) is 112 Å². The molecule has 0 aliphatic heterocycles. The SMILES string of the molecule is CCCn1c(=O)[nH]c(=O)c2c1nc(CSc1nnc3sc4ccccc4n13)n2CCOC. The van der Waals surface area contributed by atoms with Crippen molar-refractivity contribution in [1.82, 2.24) is 33.7 Å². The summed E-state index contributed by atoms with van der Waals surface area (Å²) in [6, 6.07) is 8.10. The highest BCUT2D eigenvalue weighted by atomic mass is 32.2. The molecule has 0 radical (unpaired) electrons. The summed E-state index contributed by atoms with van der Waals surface area (Å²) in [5, 5.41) is 9.41. The van der Waals surface area contributed by atoms with E-state index in [1.807, 2.05) is 34.1 Å². The molecule has 10 nitrogen and oxygen atoms in total. The lowest BCUT2D eigenvalue weighted by Gasteiger charge is -2.08. The van der Waals surface area contributed by atoms with Crippen molar-refractivity contribution in [2.45, 2.75) is 37.3 Å². The van der Waals surface area contributed by atoms with E-state index < -0.39 is 11.2 Å². The van der Waals surface area contributed by atoms with Crippen molar-refractivity contribution in [2.75, 3.05) is 13.7 Å². The first-order valence-electron chi connectivity index (χ1n) is 10.2. The fraction of sp³-hybridized carbons (Fsp3) is 0.350. The van der Waals surface area contributed by atoms with Crippen LogP contribution >= 0.6 is 23.1 Å². The van der Waals surface area contributed by atoms with E-state index in [1.54, 1.807) is 18.4 Å². The Morgan fingerprint density at radius 3 is 2.81 bits per heavy atom. The molecule has 5 aromatic rings. The Morgan fingerprint density at radius 1 is 1.16 bits per heavy atom. The molecule has 0 bridgehead atoms. The van der Waals surface area contributed by atoms with Crippen molar-refractivity contribution >= 4 is 49.4 Å². The van der Waals surface area contributed by atoms with Gasteiger partial charge in [0.05, 0.1) is 22.6 Å². The lowest BCUT2D eigenvalue weighted by Crippen LogP contribution is -2.31. The Morgan fingerprint density at radius 2 is 2.00 bits per heavy atom. The first-order valence-corrected chi connectivity index (χ1v) is 12.0. The first kappa shape index (κ1) is 20.9. The van der Waals surface area contributed by atoms with Crippen LogP contribution in [0.1, 0.15) is 19.2 Å². The number of benzene rings is 1. The van der Waals surface area contributed by atoms with Gasteiger partial charge in [-0.1, -0.05) is 42.2 Å². The minimum Gasteiger partial charge on any atom is -0.383 e. The van der Waals surface area contributed by atoms with E-state index >= 15 is 0 Å². The summed E-state index contributed by atoms with van der Waals surface area (Å²) in [6.45, 7) is 3.32. The summed E-state index contributed by atoms with van der Waals surface area (Å²) in [5.41, 5.74) is 0.966. The highest BCUT2D eigenvalue weighted by Crippen LogP contribution is 2.31. The largest absolute Gasteiger partial charge is 0.383 e. The van der Waals surface area contributed by atoms with Crippen LogP contribution in [0.5, 0.6) is 0 Å². The van der Waals surface area contributed by atoms with Gasteiger partial charge in [-0.3, -0.25) is 18.7 Å². The number of ether oxygens (including phenoxy) is 1. The molecule has 0 aliphatic rings. The highest BCUT2D eigenvalue weighted by molar-refractivity contribution is 7.98. The standard InChI is InChI=1S/C20H21N7O3S2/c1-3-8-26-16-15(17(28)22-18(26)29)25(9-10-30-2)14(21-16)11-31-19-23-24-20-27(19)12-6-4-5-7-13(12)32-20/h4-7H,3,8-11H2,1-2H3,(H,22,28,29). The van der Waals surface area contributed by atoms with Crippen LogP contribution < -0.4 is 11.2 Å². The molecule has 4 heterocycles. The van der Waals surface area contributed by atoms with E-state index in [1.165, 1.54) is 16.3 Å². The van der Waals surface area contributed by atoms with E-state index in [0.29, 0.717) is 42.4 Å². The molecule has 0 spiro atoms. The van der Waals surface area contributed by atoms with Crippen LogP contribution in [0.2, 0.25) is 0 Å². The number of hydrogen-bond donors (Lipinski definition) is 1. The maximum absolute atomic E-state index is 12.7. The Hall–Kier alpha value is -2.96. The molecular formula is C20H21N7O3S2. The number of thioether (sulfide) groups is 1. The van der Waals surface area contributed by atoms with Crippen LogP contribution in [0.4, 0.5) is 0 Å². The molecule has 0 fully saturated rings. The number of nitrogens with zero attached hydrogens (tertiary/aromatic N) is 6. The quantitative estimate of drug-likeness (QED) is 0.346. The molecule has 1 aromatic carbocycles. The number of methoxy groups -OCH3 is 1. The Bertz CT molecular complexity index is 1540. The number of aryl methyl sites for hydroxylation is 1. The summed E-state index contributed by atoms with van der Waals surface area (Å²) in [6.07, 6.45) is 0.749. The lowest BCUT2D eigenvalue weighted by atomic mass is 10.3. The zero-order chi connectivity index (χ0) is 22.2. The number of hydrogen-bond acceptors (Lipinski definition) is 8. The predicted molar refractivity (Wildman–Crippen MR) is 125 cm³/mol. The molecule has 4 aromatic heterocycles. The van der Waals surface area contributed by atoms with Gasteiger partial charge in [-0.05, 0) is 18.6 Å². The number of aromatic nitrogens is 7. The van der Waals surface area contributed by atoms with Crippen LogP contribution in [0.3, 0.4) is 0 Å². The van der Waals surface area contributed by atoms with E-state index in [0.717, 1.165) is 26.8 Å². The Balaban J connectivity index is 1.58. The normalized spacial score (nSPS) is 11.9. The number of fused-ring (bicyclic) bond motifs is 4. The minimum absolute atomic E-state index is 0.387. The third-order valence-electron chi connectivity index (χ3n) is 5.17. The number of aromatic amines is 1. The molecule has 5 rings (SSSR count). The van der Waals surface area contributed by atoms with E-state index in [-0.39, 0.29) is 0 Å². The Kier molecular flexibility index (Phi) is 5.57. The van der Waals surface area contributed by atoms with Crippen molar-refractivity contribution in [2.24, 2.45) is 0 Å². The summed E-state index contributed by atoms with van der Waals surface area (Å²) >= 11 is 3.08. The monoisotopic (exact) mass is 471 g/mol. The molecule has 166 valence electrons. The minimum atomic E-state index is -0.441. The summed E-state index contributed by atoms with van der Waals surface area (Å²) in [7, 11) is 1.61. The average molecular weight is 472 g/mol. The number of thiazole rings is 1. The summed E-state index contributed by atoms with van der Waals surface area (Å²) in [5.74, 6) is 1.14. The first-order chi connectivity index (χ1) is 15.6. The van der Waals surface area contributed by atoms with Crippen LogP contribution in [-0.4, -0.2) is 47.4 Å². The van der Waals surface area contributed by atoms with Gasteiger partial charge in [-0.15, -0.1) is 10.2 Å². The second-order valence-corrected chi connectivity index (χ2v) is 9.17. The van der Waals surface area contributed by atoms with Gasteiger partial charge in [0.25, 0.3) is 5.56 Å². The Labute approximate surface area is 189 Å². The second kappa shape index (κ2) is 8.52. The maximum Gasteiger partial charge on any atom is 0.330 e. The van der Waals surface area contributed by atoms with Crippen LogP contribution in [0.25, 0.3) is 26.3 Å². The molecule has 0 unspecified atom stereocenters. The van der Waals surface area contributed by atoms with Gasteiger partial charge in [-0.25, -0.2) is 9.78 Å². The van der Waals surface area contributed by atoms with Gasteiger partial charge in [0, 0.05) is 20.2 Å². The molecule has 0 atom stereocenters. The molecule has 32 heavy (non-hydrogen) atoms. The van der Waals surface area contributed by atoms with Gasteiger partial charge >= 0.3 is 5.69 Å². The zero-order valence-corrected chi connectivity index (χ0v) is 19.2. The van der Waals surface area contributed by atoms with Crippen molar-refractivity contribution in [3.8, 4) is 0 Å². The average Bonchev–Trinajstić information content (AvgIpc) is 3.45. The van der Waals surface area contributed by atoms with E-state index in [2.05, 4.69) is 21.2 Å². The van der Waals surface area contributed by atoms with Crippen molar-refractivity contribution < 1.29 is 4.74 Å². The van der Waals surface area contributed by atoms with Crippen LogP contribution in [-0.2, 0) is 23.6 Å². The van der Waals surface area contributed by atoms with Crippen molar-refractivity contribution in [1.29, 1.82) is 0 Å². The molecule has 0 aliphatic carbocycles. The van der Waals surface area contributed by atoms with Gasteiger partial charge in [0.1, 0.15) is 5.82 Å². The molecule has 1 N–H and O–H groups in total. The smallest absolute Gasteiger partial charge is 0.330 e. The van der Waals surface area contributed by atoms with Gasteiger partial charge in [0.2, 0.25) is 4.96 Å². The van der Waals surface area contributed by atoms with Crippen LogP contribution in [0, 0.1) is 0 Å². The third-order valence-corrected chi connectivity index (χ3v) is 7.11. The van der Waals surface area contributed by atoms with Crippen LogP contribution in [0.15, 0.2) is 39.0 Å². The second-order valence-electron chi connectivity index (χ2n) is 7.21. The van der Waals surface area contributed by atoms with E-state index in [4.69, 9.17) is 9.72 Å². The zero-order valence-electron chi connectivity index (χ0n) is 17.6. The number of H-pyrrole nitrogens is 1. The number of imidazole rings is 1. The third kappa shape index (κ3) is 3.44. The van der Waals surface area contributed by atoms with Gasteiger partial charge in [0.15, 0.2) is 16.3 Å². The lowest BCUT2D eigenvalue weighted by molar-refractivity contribution is 0.187. The predicted octanol–water partition coefficient (Wildman–Crippen LogP) is 2.49. The molecule has 0 saturated heterocycles. The van der Waals surface area contributed by atoms with Gasteiger partial charge < -0.3 is 9.30 Å².